The van der Waals surface area contributed by atoms with Gasteiger partial charge in [-0.25, -0.2) is 0 Å². The summed E-state index contributed by atoms with van der Waals surface area (Å²) in [5.41, 5.74) is 2.95. The Balaban J connectivity index is 1.62. The SMILES string of the molecule is CC(C)(C)Oc1cccc(-c2cc3cc(CC4(C(=O)O)CC4)ncc3[nH]2)c1. The number of nitrogens with zero attached hydrogens (tertiary/aromatic N) is 1. The third kappa shape index (κ3) is 3.68. The molecular weight excluding hydrogens is 340 g/mol. The van der Waals surface area contributed by atoms with E-state index in [1.807, 2.05) is 51.1 Å². The largest absolute Gasteiger partial charge is 0.488 e. The van der Waals surface area contributed by atoms with Gasteiger partial charge in [-0.05, 0) is 57.9 Å². The monoisotopic (exact) mass is 364 g/mol. The highest BCUT2D eigenvalue weighted by molar-refractivity contribution is 5.86. The minimum Gasteiger partial charge on any atom is -0.488 e. The molecule has 0 radical (unpaired) electrons. The van der Waals surface area contributed by atoms with Gasteiger partial charge in [-0.2, -0.15) is 0 Å². The van der Waals surface area contributed by atoms with E-state index in [-0.39, 0.29) is 5.60 Å². The number of carboxylic acid groups (broad SMARTS) is 1. The van der Waals surface area contributed by atoms with Gasteiger partial charge >= 0.3 is 5.97 Å². The first kappa shape index (κ1) is 17.6. The number of carbonyl (C=O) groups is 1. The molecule has 0 atom stereocenters. The van der Waals surface area contributed by atoms with Crippen LogP contribution >= 0.6 is 0 Å². The second kappa shape index (κ2) is 6.12. The van der Waals surface area contributed by atoms with Crippen LogP contribution in [0.15, 0.2) is 42.6 Å². The van der Waals surface area contributed by atoms with Crippen LogP contribution in [0.5, 0.6) is 5.75 Å². The van der Waals surface area contributed by atoms with Crippen LogP contribution in [0.4, 0.5) is 0 Å². The highest BCUT2D eigenvalue weighted by Gasteiger charge is 2.50. The molecule has 0 aliphatic heterocycles. The molecule has 0 bridgehead atoms. The summed E-state index contributed by atoms with van der Waals surface area (Å²) >= 11 is 0. The fourth-order valence-corrected chi connectivity index (χ4v) is 3.37. The van der Waals surface area contributed by atoms with Crippen LogP contribution in [0, 0.1) is 5.41 Å². The molecule has 0 spiro atoms. The maximum atomic E-state index is 11.4. The average molecular weight is 364 g/mol. The Labute approximate surface area is 158 Å². The second-order valence-electron chi connectivity index (χ2n) is 8.45. The first-order valence-electron chi connectivity index (χ1n) is 9.25. The third-order valence-corrected chi connectivity index (χ3v) is 4.96. The van der Waals surface area contributed by atoms with Gasteiger partial charge in [0, 0.05) is 28.8 Å². The lowest BCUT2D eigenvalue weighted by Gasteiger charge is -2.21. The van der Waals surface area contributed by atoms with Crippen LogP contribution in [0.2, 0.25) is 0 Å². The zero-order valence-corrected chi connectivity index (χ0v) is 15.9. The van der Waals surface area contributed by atoms with Gasteiger partial charge in [-0.1, -0.05) is 12.1 Å². The van der Waals surface area contributed by atoms with Crippen LogP contribution in [0.1, 0.15) is 39.3 Å². The fourth-order valence-electron chi connectivity index (χ4n) is 3.37. The van der Waals surface area contributed by atoms with E-state index >= 15 is 0 Å². The molecule has 1 fully saturated rings. The summed E-state index contributed by atoms with van der Waals surface area (Å²) in [6.45, 7) is 6.08. The molecular formula is C22H24N2O3. The Morgan fingerprint density at radius 1 is 1.26 bits per heavy atom. The van der Waals surface area contributed by atoms with Crippen molar-refractivity contribution in [1.82, 2.24) is 9.97 Å². The molecule has 0 saturated heterocycles. The smallest absolute Gasteiger partial charge is 0.310 e. The highest BCUT2D eigenvalue weighted by atomic mass is 16.5. The van der Waals surface area contributed by atoms with Crippen molar-refractivity contribution in [3.8, 4) is 17.0 Å². The van der Waals surface area contributed by atoms with Gasteiger partial charge in [0.1, 0.15) is 11.4 Å². The number of rotatable bonds is 5. The number of aliphatic carboxylic acids is 1. The summed E-state index contributed by atoms with van der Waals surface area (Å²) in [5.74, 6) is 0.115. The van der Waals surface area contributed by atoms with E-state index in [1.54, 1.807) is 6.20 Å². The van der Waals surface area contributed by atoms with E-state index in [1.165, 1.54) is 0 Å². The van der Waals surface area contributed by atoms with Gasteiger partial charge in [-0.15, -0.1) is 0 Å². The van der Waals surface area contributed by atoms with E-state index in [4.69, 9.17) is 4.74 Å². The van der Waals surface area contributed by atoms with Gasteiger partial charge in [-0.3, -0.25) is 9.78 Å². The van der Waals surface area contributed by atoms with Gasteiger partial charge in [0.25, 0.3) is 0 Å². The fraction of sp³-hybridized carbons (Fsp3) is 0.364. The number of hydrogen-bond acceptors (Lipinski definition) is 3. The average Bonchev–Trinajstić information content (AvgIpc) is 3.24. The first-order chi connectivity index (χ1) is 12.7. The molecule has 0 amide bonds. The van der Waals surface area contributed by atoms with Crippen molar-refractivity contribution < 1.29 is 14.6 Å². The minimum absolute atomic E-state index is 0.249. The first-order valence-corrected chi connectivity index (χ1v) is 9.25. The van der Waals surface area contributed by atoms with Gasteiger partial charge in [0.05, 0.1) is 17.1 Å². The second-order valence-corrected chi connectivity index (χ2v) is 8.45. The van der Waals surface area contributed by atoms with Crippen LogP contribution < -0.4 is 4.74 Å². The topological polar surface area (TPSA) is 75.2 Å². The van der Waals surface area contributed by atoms with Crippen LogP contribution in [-0.2, 0) is 11.2 Å². The quantitative estimate of drug-likeness (QED) is 0.681. The zero-order valence-electron chi connectivity index (χ0n) is 15.9. The Morgan fingerprint density at radius 3 is 2.70 bits per heavy atom. The number of aromatic amines is 1. The van der Waals surface area contributed by atoms with E-state index in [9.17, 15) is 9.90 Å². The standard InChI is InChI=1S/C22H24N2O3/c1-21(2,3)27-17-6-4-5-14(10-17)18-11-15-9-16(23-13-19(15)24-18)12-22(7-8-22)20(25)26/h4-6,9-11,13,24H,7-8,12H2,1-3H3,(H,25,26). The highest BCUT2D eigenvalue weighted by Crippen LogP contribution is 2.48. The molecule has 3 aromatic rings. The molecule has 1 aliphatic rings. The lowest BCUT2D eigenvalue weighted by molar-refractivity contribution is -0.143. The lowest BCUT2D eigenvalue weighted by Crippen LogP contribution is -2.22. The Kier molecular flexibility index (Phi) is 3.98. The number of carboxylic acids is 1. The maximum absolute atomic E-state index is 11.4. The van der Waals surface area contributed by atoms with E-state index < -0.39 is 11.4 Å². The Morgan fingerprint density at radius 2 is 2.04 bits per heavy atom. The molecule has 27 heavy (non-hydrogen) atoms. The Bertz CT molecular complexity index is 1010. The molecule has 1 aliphatic carbocycles. The summed E-state index contributed by atoms with van der Waals surface area (Å²) in [4.78, 5) is 19.3. The third-order valence-electron chi connectivity index (χ3n) is 4.96. The lowest BCUT2D eigenvalue weighted by atomic mass is 10.00. The predicted octanol–water partition coefficient (Wildman–Crippen LogP) is 4.81. The number of H-pyrrole nitrogens is 1. The molecule has 5 nitrogen and oxygen atoms in total. The summed E-state index contributed by atoms with van der Waals surface area (Å²) in [5, 5.41) is 10.4. The van der Waals surface area contributed by atoms with E-state index in [0.29, 0.717) is 6.42 Å². The van der Waals surface area contributed by atoms with Crippen molar-refractivity contribution in [1.29, 1.82) is 0 Å². The summed E-state index contributed by atoms with van der Waals surface area (Å²) < 4.78 is 5.96. The number of pyridine rings is 1. The molecule has 4 rings (SSSR count). The summed E-state index contributed by atoms with van der Waals surface area (Å²) in [6.07, 6.45) is 3.76. The van der Waals surface area contributed by atoms with Gasteiger partial charge in [0.2, 0.25) is 0 Å². The summed E-state index contributed by atoms with van der Waals surface area (Å²) in [7, 11) is 0. The van der Waals surface area contributed by atoms with Gasteiger partial charge in [0.15, 0.2) is 0 Å². The van der Waals surface area contributed by atoms with Gasteiger partial charge < -0.3 is 14.8 Å². The van der Waals surface area contributed by atoms with Crippen molar-refractivity contribution in [2.24, 2.45) is 5.41 Å². The number of benzene rings is 1. The maximum Gasteiger partial charge on any atom is 0.310 e. The minimum atomic E-state index is -0.713. The molecule has 2 N–H and O–H groups in total. The van der Waals surface area contributed by atoms with Crippen molar-refractivity contribution in [3.63, 3.8) is 0 Å². The predicted molar refractivity (Wildman–Crippen MR) is 105 cm³/mol. The number of ether oxygens (including phenoxy) is 1. The van der Waals surface area contributed by atoms with Crippen LogP contribution in [0.3, 0.4) is 0 Å². The van der Waals surface area contributed by atoms with Crippen LogP contribution in [0.25, 0.3) is 22.2 Å². The van der Waals surface area contributed by atoms with Crippen molar-refractivity contribution in [2.45, 2.75) is 45.6 Å². The number of hydrogen-bond donors (Lipinski definition) is 2. The zero-order chi connectivity index (χ0) is 19.2. The molecule has 2 aromatic heterocycles. The summed E-state index contributed by atoms with van der Waals surface area (Å²) in [6, 6.07) is 12.1. The van der Waals surface area contributed by atoms with E-state index in [0.717, 1.165) is 46.4 Å². The Hall–Kier alpha value is -2.82. The molecule has 1 saturated carbocycles. The normalized spacial score (nSPS) is 15.7. The molecule has 5 heteroatoms. The molecule has 1 aromatic carbocycles. The molecule has 140 valence electrons. The van der Waals surface area contributed by atoms with Crippen molar-refractivity contribution in [3.05, 3.63) is 48.3 Å². The number of nitrogens with one attached hydrogen (secondary N) is 1. The molecule has 2 heterocycles. The number of aromatic nitrogens is 2. The molecule has 0 unspecified atom stereocenters. The number of fused-ring (bicyclic) bond motifs is 1. The van der Waals surface area contributed by atoms with Crippen molar-refractivity contribution in [2.75, 3.05) is 0 Å². The van der Waals surface area contributed by atoms with Crippen molar-refractivity contribution >= 4 is 16.9 Å². The van der Waals surface area contributed by atoms with Crippen LogP contribution in [-0.4, -0.2) is 26.6 Å². The van der Waals surface area contributed by atoms with E-state index in [2.05, 4.69) is 16.0 Å².